The molecule has 0 bridgehead atoms. The van der Waals surface area contributed by atoms with Gasteiger partial charge < -0.3 is 14.0 Å². The molecule has 0 radical (unpaired) electrons. The third-order valence-electron chi connectivity index (χ3n) is 3.57. The third-order valence-corrected chi connectivity index (χ3v) is 3.57. The number of esters is 2. The van der Waals surface area contributed by atoms with Crippen LogP contribution >= 0.6 is 0 Å². The molecule has 6 nitrogen and oxygen atoms in total. The van der Waals surface area contributed by atoms with Crippen LogP contribution in [-0.4, -0.2) is 28.1 Å². The van der Waals surface area contributed by atoms with Crippen molar-refractivity contribution in [3.8, 4) is 0 Å². The van der Waals surface area contributed by atoms with Gasteiger partial charge in [0.2, 0.25) is 6.10 Å². The highest BCUT2D eigenvalue weighted by molar-refractivity contribution is 5.90. The minimum Gasteiger partial charge on any atom is -0.463 e. The lowest BCUT2D eigenvalue weighted by Gasteiger charge is -2.19. The van der Waals surface area contributed by atoms with Crippen LogP contribution in [0, 0.1) is 6.92 Å². The molecule has 0 saturated carbocycles. The maximum absolute atomic E-state index is 12.6. The number of aromatic nitrogens is 2. The monoisotopic (exact) mass is 330 g/mol. The molecule has 0 aromatic carbocycles. The topological polar surface area (TPSA) is 70.4 Å². The molecule has 24 heavy (non-hydrogen) atoms. The second-order valence-corrected chi connectivity index (χ2v) is 5.64. The summed E-state index contributed by atoms with van der Waals surface area (Å²) in [7, 11) is 0. The molecule has 1 atom stereocenters. The maximum atomic E-state index is 12.6. The zero-order valence-electron chi connectivity index (χ0n) is 14.4. The highest BCUT2D eigenvalue weighted by atomic mass is 16.6. The standard InChI is InChI=1S/C18H22N2O4/c1-5-23-18(22)16(15-13(4)8-6-10-19-15)24-17(21)14-9-7-11-20(14)12(2)3/h6-12,16H,5H2,1-4H3/t16-/m1/s1. The number of ether oxygens (including phenoxy) is 2. The first-order valence-electron chi connectivity index (χ1n) is 7.91. The quantitative estimate of drug-likeness (QED) is 0.761. The summed E-state index contributed by atoms with van der Waals surface area (Å²) in [5.74, 6) is -1.22. The summed E-state index contributed by atoms with van der Waals surface area (Å²) in [6.07, 6.45) is 2.17. The SMILES string of the molecule is CCOC(=O)[C@H](OC(=O)c1cccn1C(C)C)c1ncccc1C. The van der Waals surface area contributed by atoms with Crippen LogP contribution in [0.4, 0.5) is 0 Å². The Balaban J connectivity index is 2.32. The van der Waals surface area contributed by atoms with Gasteiger partial charge in [0.15, 0.2) is 0 Å². The van der Waals surface area contributed by atoms with Crippen LogP contribution < -0.4 is 0 Å². The molecule has 2 heterocycles. The molecule has 128 valence electrons. The van der Waals surface area contributed by atoms with E-state index >= 15 is 0 Å². The number of aryl methyl sites for hydroxylation is 1. The van der Waals surface area contributed by atoms with Crippen LogP contribution in [-0.2, 0) is 14.3 Å². The van der Waals surface area contributed by atoms with Gasteiger partial charge in [-0.15, -0.1) is 0 Å². The molecule has 2 rings (SSSR count). The van der Waals surface area contributed by atoms with Crippen molar-refractivity contribution in [3.63, 3.8) is 0 Å². The molecule has 0 aliphatic carbocycles. The first-order valence-corrected chi connectivity index (χ1v) is 7.91. The summed E-state index contributed by atoms with van der Waals surface area (Å²) in [6.45, 7) is 7.62. The van der Waals surface area contributed by atoms with Crippen molar-refractivity contribution in [2.75, 3.05) is 6.61 Å². The number of hydrogen-bond donors (Lipinski definition) is 0. The predicted octanol–water partition coefficient (Wildman–Crippen LogP) is 3.23. The third kappa shape index (κ3) is 3.82. The Morgan fingerprint density at radius 2 is 2.00 bits per heavy atom. The number of carbonyl (C=O) groups is 2. The number of carbonyl (C=O) groups excluding carboxylic acids is 2. The molecule has 0 aliphatic rings. The van der Waals surface area contributed by atoms with Gasteiger partial charge in [-0.2, -0.15) is 0 Å². The van der Waals surface area contributed by atoms with Gasteiger partial charge in [-0.1, -0.05) is 6.07 Å². The lowest BCUT2D eigenvalue weighted by molar-refractivity contribution is -0.154. The van der Waals surface area contributed by atoms with E-state index in [0.717, 1.165) is 5.56 Å². The van der Waals surface area contributed by atoms with Crippen molar-refractivity contribution in [1.82, 2.24) is 9.55 Å². The van der Waals surface area contributed by atoms with Crippen molar-refractivity contribution in [3.05, 3.63) is 53.6 Å². The average molecular weight is 330 g/mol. The molecular weight excluding hydrogens is 308 g/mol. The molecule has 2 aromatic heterocycles. The van der Waals surface area contributed by atoms with Crippen molar-refractivity contribution >= 4 is 11.9 Å². The fourth-order valence-corrected chi connectivity index (χ4v) is 2.39. The maximum Gasteiger partial charge on any atom is 0.356 e. The van der Waals surface area contributed by atoms with Gasteiger partial charge in [-0.05, 0) is 51.5 Å². The summed E-state index contributed by atoms with van der Waals surface area (Å²) < 4.78 is 12.3. The van der Waals surface area contributed by atoms with Gasteiger partial charge in [0.1, 0.15) is 5.69 Å². The summed E-state index contributed by atoms with van der Waals surface area (Å²) in [4.78, 5) is 29.0. The Labute approximate surface area is 141 Å². The van der Waals surface area contributed by atoms with Crippen molar-refractivity contribution in [2.24, 2.45) is 0 Å². The van der Waals surface area contributed by atoms with Gasteiger partial charge in [-0.25, -0.2) is 9.59 Å². The van der Waals surface area contributed by atoms with E-state index < -0.39 is 18.0 Å². The van der Waals surface area contributed by atoms with E-state index in [1.165, 1.54) is 0 Å². The summed E-state index contributed by atoms with van der Waals surface area (Å²) in [5.41, 5.74) is 1.52. The summed E-state index contributed by atoms with van der Waals surface area (Å²) in [5, 5.41) is 0. The van der Waals surface area contributed by atoms with E-state index in [0.29, 0.717) is 11.4 Å². The molecular formula is C18H22N2O4. The molecule has 0 spiro atoms. The van der Waals surface area contributed by atoms with Gasteiger partial charge in [-0.3, -0.25) is 4.98 Å². The Morgan fingerprint density at radius 1 is 1.25 bits per heavy atom. The van der Waals surface area contributed by atoms with Crippen molar-refractivity contribution in [1.29, 1.82) is 0 Å². The minimum absolute atomic E-state index is 0.0974. The normalized spacial score (nSPS) is 12.0. The lowest BCUT2D eigenvalue weighted by atomic mass is 10.1. The van der Waals surface area contributed by atoms with E-state index in [1.54, 1.807) is 55.1 Å². The molecule has 0 fully saturated rings. The zero-order valence-corrected chi connectivity index (χ0v) is 14.4. The van der Waals surface area contributed by atoms with Gasteiger partial charge in [0.05, 0.1) is 12.3 Å². The van der Waals surface area contributed by atoms with E-state index in [4.69, 9.17) is 9.47 Å². The Hall–Kier alpha value is -2.63. The number of nitrogens with zero attached hydrogens (tertiary/aromatic N) is 2. The van der Waals surface area contributed by atoms with Gasteiger partial charge >= 0.3 is 11.9 Å². The van der Waals surface area contributed by atoms with Crippen molar-refractivity contribution in [2.45, 2.75) is 39.8 Å². The highest BCUT2D eigenvalue weighted by Gasteiger charge is 2.30. The van der Waals surface area contributed by atoms with Gasteiger partial charge in [0, 0.05) is 18.4 Å². The fourth-order valence-electron chi connectivity index (χ4n) is 2.39. The minimum atomic E-state index is -1.19. The Kier molecular flexibility index (Phi) is 5.73. The first kappa shape index (κ1) is 17.7. The number of rotatable bonds is 6. The van der Waals surface area contributed by atoms with Crippen LogP contribution in [0.3, 0.4) is 0 Å². The first-order chi connectivity index (χ1) is 11.5. The number of pyridine rings is 1. The molecule has 0 saturated heterocycles. The second kappa shape index (κ2) is 7.77. The van der Waals surface area contributed by atoms with E-state index in [2.05, 4.69) is 4.98 Å². The second-order valence-electron chi connectivity index (χ2n) is 5.64. The Bertz CT molecular complexity index is 721. The predicted molar refractivity (Wildman–Crippen MR) is 88.6 cm³/mol. The molecule has 0 aliphatic heterocycles. The van der Waals surface area contributed by atoms with E-state index in [9.17, 15) is 9.59 Å². The van der Waals surface area contributed by atoms with Crippen LogP contribution in [0.1, 0.15) is 54.7 Å². The average Bonchev–Trinajstić information content (AvgIpc) is 3.03. The molecule has 6 heteroatoms. The largest absolute Gasteiger partial charge is 0.463 e. The number of hydrogen-bond acceptors (Lipinski definition) is 5. The summed E-state index contributed by atoms with van der Waals surface area (Å²) in [6, 6.07) is 7.09. The highest BCUT2D eigenvalue weighted by Crippen LogP contribution is 2.23. The van der Waals surface area contributed by atoms with Crippen molar-refractivity contribution < 1.29 is 19.1 Å². The lowest BCUT2D eigenvalue weighted by Crippen LogP contribution is -2.25. The zero-order chi connectivity index (χ0) is 17.7. The van der Waals surface area contributed by atoms with Crippen LogP contribution in [0.25, 0.3) is 0 Å². The molecule has 0 unspecified atom stereocenters. The van der Waals surface area contributed by atoms with Crippen LogP contribution in [0.5, 0.6) is 0 Å². The van der Waals surface area contributed by atoms with Gasteiger partial charge in [0.25, 0.3) is 0 Å². The molecule has 0 amide bonds. The molecule has 0 N–H and O–H groups in total. The van der Waals surface area contributed by atoms with Crippen LogP contribution in [0.15, 0.2) is 36.7 Å². The fraction of sp³-hybridized carbons (Fsp3) is 0.389. The van der Waals surface area contributed by atoms with Crippen LogP contribution in [0.2, 0.25) is 0 Å². The smallest absolute Gasteiger partial charge is 0.356 e. The van der Waals surface area contributed by atoms with E-state index in [1.807, 2.05) is 13.8 Å². The summed E-state index contributed by atoms with van der Waals surface area (Å²) >= 11 is 0. The molecule has 2 aromatic rings. The van der Waals surface area contributed by atoms with E-state index in [-0.39, 0.29) is 12.6 Å². The Morgan fingerprint density at radius 3 is 2.62 bits per heavy atom.